The van der Waals surface area contributed by atoms with Gasteiger partial charge in [-0.05, 0) is 42.4 Å². The first-order chi connectivity index (χ1) is 16.3. The Morgan fingerprint density at radius 3 is 2.76 bits per heavy atom. The molecule has 3 aromatic rings. The minimum absolute atomic E-state index is 0.140. The highest BCUT2D eigenvalue weighted by molar-refractivity contribution is 7.92. The maximum Gasteiger partial charge on any atom is 0.421 e. The molecule has 182 valence electrons. The molecule has 1 aliphatic rings. The van der Waals surface area contributed by atoms with Crippen LogP contribution in [0.3, 0.4) is 0 Å². The van der Waals surface area contributed by atoms with E-state index in [0.29, 0.717) is 17.9 Å². The third-order valence-electron chi connectivity index (χ3n) is 5.88. The van der Waals surface area contributed by atoms with Gasteiger partial charge in [0.2, 0.25) is 0 Å². The van der Waals surface area contributed by atoms with Gasteiger partial charge in [-0.1, -0.05) is 51.5 Å². The SMILES string of the molecule is CCCCOC(=O)NS(=O)(=O)c1sc(CC(C)C)cc1-c1ccc(C2CCc3nccn32)cc1. The maximum atomic E-state index is 13.1. The molecule has 1 unspecified atom stereocenters. The molecule has 4 rings (SSSR count). The molecule has 0 spiro atoms. The van der Waals surface area contributed by atoms with Gasteiger partial charge in [0.1, 0.15) is 10.0 Å². The summed E-state index contributed by atoms with van der Waals surface area (Å²) in [4.78, 5) is 17.5. The van der Waals surface area contributed by atoms with E-state index in [-0.39, 0.29) is 16.9 Å². The summed E-state index contributed by atoms with van der Waals surface area (Å²) in [6, 6.07) is 10.2. The topological polar surface area (TPSA) is 90.3 Å². The number of ether oxygens (including phenoxy) is 1. The number of aryl methyl sites for hydroxylation is 1. The van der Waals surface area contributed by atoms with Gasteiger partial charge in [-0.15, -0.1) is 11.3 Å². The van der Waals surface area contributed by atoms with Gasteiger partial charge >= 0.3 is 6.09 Å². The molecule has 1 atom stereocenters. The molecule has 1 aromatic carbocycles. The van der Waals surface area contributed by atoms with Gasteiger partial charge in [0, 0.05) is 29.3 Å². The zero-order chi connectivity index (χ0) is 24.3. The molecule has 1 N–H and O–H groups in total. The van der Waals surface area contributed by atoms with Gasteiger partial charge in [-0.2, -0.15) is 0 Å². The van der Waals surface area contributed by atoms with Crippen LogP contribution < -0.4 is 4.72 Å². The second kappa shape index (κ2) is 10.3. The highest BCUT2D eigenvalue weighted by Crippen LogP contribution is 2.38. The first-order valence-electron chi connectivity index (χ1n) is 11.7. The van der Waals surface area contributed by atoms with Crippen molar-refractivity contribution < 1.29 is 17.9 Å². The predicted molar refractivity (Wildman–Crippen MR) is 134 cm³/mol. The van der Waals surface area contributed by atoms with E-state index in [1.54, 1.807) is 0 Å². The third-order valence-corrected chi connectivity index (χ3v) is 8.89. The van der Waals surface area contributed by atoms with Crippen LogP contribution in [0, 0.1) is 5.92 Å². The normalized spacial score (nSPS) is 15.5. The van der Waals surface area contributed by atoms with Crippen LogP contribution in [-0.2, 0) is 27.6 Å². The predicted octanol–water partition coefficient (Wildman–Crippen LogP) is 5.56. The maximum absolute atomic E-state index is 13.1. The lowest BCUT2D eigenvalue weighted by Gasteiger charge is -2.14. The van der Waals surface area contributed by atoms with Crippen LogP contribution in [0.4, 0.5) is 4.79 Å². The summed E-state index contributed by atoms with van der Waals surface area (Å²) in [6.45, 7) is 6.35. The van der Waals surface area contributed by atoms with Crippen LogP contribution in [0.2, 0.25) is 0 Å². The minimum atomic E-state index is -4.07. The molecule has 2 aromatic heterocycles. The summed E-state index contributed by atoms with van der Waals surface area (Å²) >= 11 is 1.21. The van der Waals surface area contributed by atoms with Crippen molar-refractivity contribution in [1.29, 1.82) is 0 Å². The Morgan fingerprint density at radius 2 is 2.06 bits per heavy atom. The average Bonchev–Trinajstić information content (AvgIpc) is 3.49. The van der Waals surface area contributed by atoms with E-state index >= 15 is 0 Å². The number of carbonyl (C=O) groups excluding carboxylic acids is 1. The summed E-state index contributed by atoms with van der Waals surface area (Å²) in [6.07, 6.45) is 7.15. The lowest BCUT2D eigenvalue weighted by molar-refractivity contribution is 0.151. The molecule has 0 saturated carbocycles. The Morgan fingerprint density at radius 1 is 1.29 bits per heavy atom. The number of hydrogen-bond acceptors (Lipinski definition) is 6. The molecule has 9 heteroatoms. The smallest absolute Gasteiger partial charge is 0.421 e. The number of carbonyl (C=O) groups is 1. The zero-order valence-corrected chi connectivity index (χ0v) is 21.4. The van der Waals surface area contributed by atoms with Crippen molar-refractivity contribution in [3.63, 3.8) is 0 Å². The summed E-state index contributed by atoms with van der Waals surface area (Å²) in [5, 5.41) is 0. The second-order valence-electron chi connectivity index (χ2n) is 9.03. The summed E-state index contributed by atoms with van der Waals surface area (Å²) in [5.41, 5.74) is 2.58. The van der Waals surface area contributed by atoms with Crippen molar-refractivity contribution in [2.24, 2.45) is 5.92 Å². The standard InChI is InChI=1S/C25H31N3O4S2/c1-4-5-14-32-25(29)27-34(30,31)24-21(16-20(33-24)15-17(2)3)18-6-8-19(9-7-18)22-10-11-23-26-12-13-28(22)23/h6-9,12-13,16-17,22H,4-5,10-11,14-15H2,1-3H3,(H,27,29). The highest BCUT2D eigenvalue weighted by atomic mass is 32.2. The van der Waals surface area contributed by atoms with Gasteiger partial charge < -0.3 is 9.30 Å². The molecule has 1 amide bonds. The number of sulfonamides is 1. The van der Waals surface area contributed by atoms with Crippen molar-refractivity contribution in [3.05, 3.63) is 59.0 Å². The molecule has 0 bridgehead atoms. The molecule has 3 heterocycles. The Hall–Kier alpha value is -2.65. The largest absolute Gasteiger partial charge is 0.449 e. The number of nitrogens with zero attached hydrogens (tertiary/aromatic N) is 2. The Balaban J connectivity index is 1.62. The molecular formula is C25H31N3O4S2. The first kappa shape index (κ1) is 24.5. The fourth-order valence-corrected chi connectivity index (χ4v) is 7.10. The number of amides is 1. The number of nitrogens with one attached hydrogen (secondary N) is 1. The Kier molecular flexibility index (Phi) is 7.42. The number of fused-ring (bicyclic) bond motifs is 1. The number of thiophene rings is 1. The van der Waals surface area contributed by atoms with Crippen LogP contribution in [0.1, 0.15) is 62.3 Å². The lowest BCUT2D eigenvalue weighted by Crippen LogP contribution is -2.31. The van der Waals surface area contributed by atoms with Gasteiger partial charge in [0.15, 0.2) is 0 Å². The van der Waals surface area contributed by atoms with E-state index in [1.165, 1.54) is 16.9 Å². The zero-order valence-electron chi connectivity index (χ0n) is 19.8. The molecule has 1 aliphatic heterocycles. The van der Waals surface area contributed by atoms with Crippen molar-refractivity contribution >= 4 is 27.5 Å². The molecule has 7 nitrogen and oxygen atoms in total. The molecule has 0 aliphatic carbocycles. The molecule has 0 saturated heterocycles. The van der Waals surface area contributed by atoms with Crippen molar-refractivity contribution in [2.45, 2.75) is 63.1 Å². The van der Waals surface area contributed by atoms with Gasteiger partial charge in [-0.25, -0.2) is 22.9 Å². The van der Waals surface area contributed by atoms with Gasteiger partial charge in [0.25, 0.3) is 10.0 Å². The molecule has 0 radical (unpaired) electrons. The van der Waals surface area contributed by atoms with E-state index < -0.39 is 16.1 Å². The quantitative estimate of drug-likeness (QED) is 0.388. The minimum Gasteiger partial charge on any atom is -0.449 e. The van der Waals surface area contributed by atoms with Gasteiger partial charge in [-0.3, -0.25) is 0 Å². The summed E-state index contributed by atoms with van der Waals surface area (Å²) < 4.78 is 35.7. The van der Waals surface area contributed by atoms with E-state index in [0.717, 1.165) is 41.9 Å². The Labute approximate surface area is 205 Å². The van der Waals surface area contributed by atoms with Crippen molar-refractivity contribution in [2.75, 3.05) is 6.61 Å². The Bertz CT molecular complexity index is 1240. The number of rotatable bonds is 9. The van der Waals surface area contributed by atoms with Crippen molar-refractivity contribution in [3.8, 4) is 11.1 Å². The van der Waals surface area contributed by atoms with E-state index in [4.69, 9.17) is 4.74 Å². The first-order valence-corrected chi connectivity index (χ1v) is 14.0. The van der Waals surface area contributed by atoms with Gasteiger partial charge in [0.05, 0.1) is 12.6 Å². The van der Waals surface area contributed by atoms with Crippen LogP contribution in [0.25, 0.3) is 11.1 Å². The average molecular weight is 502 g/mol. The van der Waals surface area contributed by atoms with E-state index in [9.17, 15) is 13.2 Å². The van der Waals surface area contributed by atoms with E-state index in [2.05, 4.69) is 40.3 Å². The fourth-order valence-electron chi connectivity index (χ4n) is 4.26. The molecule has 0 fully saturated rings. The van der Waals surface area contributed by atoms with Crippen LogP contribution >= 0.6 is 11.3 Å². The summed E-state index contributed by atoms with van der Waals surface area (Å²) in [5.74, 6) is 1.47. The summed E-state index contributed by atoms with van der Waals surface area (Å²) in [7, 11) is -4.07. The monoisotopic (exact) mass is 501 g/mol. The number of imidazole rings is 1. The van der Waals surface area contributed by atoms with Crippen LogP contribution in [0.15, 0.2) is 46.9 Å². The number of benzene rings is 1. The number of unbranched alkanes of at least 4 members (excludes halogenated alkanes) is 1. The highest BCUT2D eigenvalue weighted by Gasteiger charge is 2.27. The van der Waals surface area contributed by atoms with Crippen LogP contribution in [-0.4, -0.2) is 30.7 Å². The molecule has 34 heavy (non-hydrogen) atoms. The van der Waals surface area contributed by atoms with Crippen LogP contribution in [0.5, 0.6) is 0 Å². The fraction of sp³-hybridized carbons (Fsp3) is 0.440. The number of hydrogen-bond donors (Lipinski definition) is 1. The number of aromatic nitrogens is 2. The third kappa shape index (κ3) is 5.36. The lowest BCUT2D eigenvalue weighted by atomic mass is 10.0. The van der Waals surface area contributed by atoms with Crippen molar-refractivity contribution in [1.82, 2.24) is 14.3 Å². The molecular weight excluding hydrogens is 470 g/mol. The second-order valence-corrected chi connectivity index (χ2v) is 12.0. The van der Waals surface area contributed by atoms with E-state index in [1.807, 2.05) is 37.5 Å².